The molecular formula is C24H29ClO7. The fourth-order valence-corrected chi connectivity index (χ4v) is 4.48. The van der Waals surface area contributed by atoms with Gasteiger partial charge in [0, 0.05) is 11.4 Å². The van der Waals surface area contributed by atoms with Crippen molar-refractivity contribution in [1.82, 2.24) is 0 Å². The first-order valence-electron chi connectivity index (χ1n) is 10.8. The van der Waals surface area contributed by atoms with Crippen LogP contribution in [0.1, 0.15) is 30.0 Å². The number of ether oxygens (including phenoxy) is 3. The lowest BCUT2D eigenvalue weighted by Gasteiger charge is -2.47. The average molecular weight is 465 g/mol. The van der Waals surface area contributed by atoms with Crippen molar-refractivity contribution in [3.8, 4) is 5.75 Å². The molecule has 0 saturated carbocycles. The molecule has 174 valence electrons. The molecule has 0 spiro atoms. The van der Waals surface area contributed by atoms with Gasteiger partial charge in [-0.05, 0) is 48.2 Å². The summed E-state index contributed by atoms with van der Waals surface area (Å²) < 4.78 is 17.1. The lowest BCUT2D eigenvalue weighted by atomic mass is 9.80. The summed E-state index contributed by atoms with van der Waals surface area (Å²) in [6.45, 7) is 2.48. The standard InChI is InChI=1S/C24H29ClO7/c1-24(23(29)22(28)21(27)20(12-26)32-24)16-4-7-19(25)15(11-16)10-14-2-5-17(6-3-14)31-18-8-9-30-13-18/h2-7,11,18,20-23,26-29H,8-10,12-13H2,1H3/t18?,20-,21-,22+,23-,24+/m1/s1. The van der Waals surface area contributed by atoms with Gasteiger partial charge < -0.3 is 34.6 Å². The van der Waals surface area contributed by atoms with Gasteiger partial charge in [0.15, 0.2) is 0 Å². The van der Waals surface area contributed by atoms with Gasteiger partial charge in [-0.25, -0.2) is 0 Å². The van der Waals surface area contributed by atoms with Crippen molar-refractivity contribution in [2.45, 2.75) is 55.9 Å². The van der Waals surface area contributed by atoms with E-state index in [-0.39, 0.29) is 6.10 Å². The third-order valence-electron chi connectivity index (χ3n) is 6.32. The molecule has 8 heteroatoms. The maximum Gasteiger partial charge on any atom is 0.124 e. The summed E-state index contributed by atoms with van der Waals surface area (Å²) in [5, 5.41) is 41.1. The number of benzene rings is 2. The maximum absolute atomic E-state index is 10.7. The van der Waals surface area contributed by atoms with Crippen molar-refractivity contribution >= 4 is 11.6 Å². The van der Waals surface area contributed by atoms with Gasteiger partial charge in [-0.3, -0.25) is 0 Å². The summed E-state index contributed by atoms with van der Waals surface area (Å²) in [5.74, 6) is 0.790. The van der Waals surface area contributed by atoms with E-state index in [1.165, 1.54) is 0 Å². The summed E-state index contributed by atoms with van der Waals surface area (Å²) in [7, 11) is 0. The van der Waals surface area contributed by atoms with E-state index in [1.54, 1.807) is 19.1 Å². The van der Waals surface area contributed by atoms with Crippen LogP contribution >= 0.6 is 11.6 Å². The van der Waals surface area contributed by atoms with Gasteiger partial charge in [0.1, 0.15) is 41.9 Å². The zero-order valence-electron chi connectivity index (χ0n) is 17.9. The van der Waals surface area contributed by atoms with Crippen LogP contribution in [0.2, 0.25) is 5.02 Å². The lowest BCUT2D eigenvalue weighted by molar-refractivity contribution is -0.273. The molecule has 32 heavy (non-hydrogen) atoms. The van der Waals surface area contributed by atoms with Crippen LogP contribution < -0.4 is 4.74 Å². The molecule has 2 aliphatic heterocycles. The Hall–Kier alpha value is -1.71. The van der Waals surface area contributed by atoms with Gasteiger partial charge in [-0.15, -0.1) is 0 Å². The SMILES string of the molecule is C[C@@]1(c2ccc(Cl)c(Cc3ccc(OC4CCOC4)cc3)c2)O[C@H](CO)[C@@H](O)[C@H](O)[C@H]1O. The minimum absolute atomic E-state index is 0.0891. The second-order valence-electron chi connectivity index (χ2n) is 8.60. The fourth-order valence-electron chi connectivity index (χ4n) is 4.29. The predicted octanol–water partition coefficient (Wildman–Crippen LogP) is 1.79. The molecule has 4 rings (SSSR count). The van der Waals surface area contributed by atoms with E-state index in [0.717, 1.165) is 29.9 Å². The molecule has 0 aliphatic carbocycles. The Bertz CT molecular complexity index is 913. The fraction of sp³-hybridized carbons (Fsp3) is 0.500. The molecule has 2 aliphatic rings. The van der Waals surface area contributed by atoms with Gasteiger partial charge in [0.05, 0.1) is 19.8 Å². The minimum atomic E-state index is -1.46. The first-order valence-corrected chi connectivity index (χ1v) is 11.1. The molecule has 2 fully saturated rings. The van der Waals surface area contributed by atoms with E-state index in [0.29, 0.717) is 23.6 Å². The number of hydrogen-bond acceptors (Lipinski definition) is 7. The maximum atomic E-state index is 10.7. The molecule has 1 unspecified atom stereocenters. The molecule has 6 atom stereocenters. The van der Waals surface area contributed by atoms with Crippen LogP contribution in [-0.4, -0.2) is 70.8 Å². The highest BCUT2D eigenvalue weighted by molar-refractivity contribution is 6.31. The predicted molar refractivity (Wildman–Crippen MR) is 118 cm³/mol. The van der Waals surface area contributed by atoms with Crippen molar-refractivity contribution in [2.75, 3.05) is 19.8 Å². The van der Waals surface area contributed by atoms with Crippen molar-refractivity contribution in [2.24, 2.45) is 0 Å². The van der Waals surface area contributed by atoms with Crippen molar-refractivity contribution in [3.63, 3.8) is 0 Å². The number of aliphatic hydroxyl groups is 4. The molecule has 4 N–H and O–H groups in total. The van der Waals surface area contributed by atoms with E-state index in [9.17, 15) is 20.4 Å². The molecule has 0 bridgehead atoms. The minimum Gasteiger partial charge on any atom is -0.488 e. The Morgan fingerprint density at radius 1 is 1.09 bits per heavy atom. The summed E-state index contributed by atoms with van der Waals surface area (Å²) in [4.78, 5) is 0. The lowest BCUT2D eigenvalue weighted by Crippen LogP contribution is -2.62. The van der Waals surface area contributed by atoms with Crippen LogP contribution in [0.4, 0.5) is 0 Å². The van der Waals surface area contributed by atoms with Crippen LogP contribution in [0.15, 0.2) is 42.5 Å². The molecular weight excluding hydrogens is 436 g/mol. The van der Waals surface area contributed by atoms with E-state index in [4.69, 9.17) is 25.8 Å². The molecule has 2 saturated heterocycles. The van der Waals surface area contributed by atoms with Crippen molar-refractivity contribution in [3.05, 3.63) is 64.2 Å². The van der Waals surface area contributed by atoms with Crippen LogP contribution in [0.3, 0.4) is 0 Å². The molecule has 2 aromatic carbocycles. The third-order valence-corrected chi connectivity index (χ3v) is 6.69. The summed E-state index contributed by atoms with van der Waals surface area (Å²) >= 11 is 6.45. The molecule has 0 amide bonds. The molecule has 0 radical (unpaired) electrons. The van der Waals surface area contributed by atoms with E-state index in [1.807, 2.05) is 30.3 Å². The summed E-state index contributed by atoms with van der Waals surface area (Å²) in [6.07, 6.45) is -3.72. The Kier molecular flexibility index (Phi) is 7.07. The van der Waals surface area contributed by atoms with Crippen LogP contribution in [0, 0.1) is 0 Å². The molecule has 7 nitrogen and oxygen atoms in total. The molecule has 0 aromatic heterocycles. The van der Waals surface area contributed by atoms with Gasteiger partial charge >= 0.3 is 0 Å². The van der Waals surface area contributed by atoms with E-state index < -0.39 is 36.6 Å². The Labute approximate surface area is 192 Å². The highest BCUT2D eigenvalue weighted by Crippen LogP contribution is 2.39. The van der Waals surface area contributed by atoms with Crippen LogP contribution in [-0.2, 0) is 21.5 Å². The zero-order chi connectivity index (χ0) is 22.9. The average Bonchev–Trinajstić information content (AvgIpc) is 3.30. The Balaban J connectivity index is 1.53. The van der Waals surface area contributed by atoms with Crippen molar-refractivity contribution in [1.29, 1.82) is 0 Å². The number of halogens is 1. The summed E-state index contributed by atoms with van der Waals surface area (Å²) in [6, 6.07) is 13.1. The number of aliphatic hydroxyl groups excluding tert-OH is 4. The topological polar surface area (TPSA) is 109 Å². The first-order chi connectivity index (χ1) is 15.3. The number of rotatable bonds is 6. The highest BCUT2D eigenvalue weighted by atomic mass is 35.5. The van der Waals surface area contributed by atoms with Gasteiger partial charge in [0.2, 0.25) is 0 Å². The van der Waals surface area contributed by atoms with Crippen LogP contribution in [0.25, 0.3) is 0 Å². The van der Waals surface area contributed by atoms with Crippen LogP contribution in [0.5, 0.6) is 5.75 Å². The number of hydrogen-bond donors (Lipinski definition) is 4. The summed E-state index contributed by atoms with van der Waals surface area (Å²) in [5.41, 5.74) is 1.11. The second kappa shape index (κ2) is 9.65. The molecule has 2 heterocycles. The Morgan fingerprint density at radius 2 is 1.84 bits per heavy atom. The normalized spacial score (nSPS) is 32.8. The smallest absolute Gasteiger partial charge is 0.124 e. The monoisotopic (exact) mass is 464 g/mol. The quantitative estimate of drug-likeness (QED) is 0.516. The van der Waals surface area contributed by atoms with Gasteiger partial charge in [0.25, 0.3) is 0 Å². The largest absolute Gasteiger partial charge is 0.488 e. The van der Waals surface area contributed by atoms with Crippen molar-refractivity contribution < 1.29 is 34.6 Å². The van der Waals surface area contributed by atoms with Gasteiger partial charge in [-0.2, -0.15) is 0 Å². The molecule has 2 aromatic rings. The van der Waals surface area contributed by atoms with E-state index >= 15 is 0 Å². The third kappa shape index (κ3) is 4.65. The van der Waals surface area contributed by atoms with E-state index in [2.05, 4.69) is 0 Å². The second-order valence-corrected chi connectivity index (χ2v) is 9.01. The van der Waals surface area contributed by atoms with Gasteiger partial charge in [-0.1, -0.05) is 35.9 Å². The zero-order valence-corrected chi connectivity index (χ0v) is 18.6. The first kappa shape index (κ1) is 23.4. The Morgan fingerprint density at radius 3 is 2.50 bits per heavy atom. The highest BCUT2D eigenvalue weighted by Gasteiger charge is 2.51.